The van der Waals surface area contributed by atoms with Crippen molar-refractivity contribution in [2.45, 2.75) is 39.0 Å². The highest BCUT2D eigenvalue weighted by Gasteiger charge is 2.04. The molecule has 5 nitrogen and oxygen atoms in total. The first-order valence-electron chi connectivity index (χ1n) is 5.74. The number of Topliss-reactive ketones (excluding diaryl/α,β-unsaturated/α-hetero) is 1. The summed E-state index contributed by atoms with van der Waals surface area (Å²) in [6.07, 6.45) is 3.09. The molecule has 0 bridgehead atoms. The van der Waals surface area contributed by atoms with E-state index >= 15 is 0 Å². The van der Waals surface area contributed by atoms with E-state index in [4.69, 9.17) is 4.42 Å². The predicted octanol–water partition coefficient (Wildman–Crippen LogP) is 2.96. The molecule has 0 amide bonds. The van der Waals surface area contributed by atoms with Crippen molar-refractivity contribution in [3.8, 4) is 0 Å². The van der Waals surface area contributed by atoms with E-state index in [-0.39, 0.29) is 12.4 Å². The zero-order chi connectivity index (χ0) is 12.5. The topological polar surface area (TPSA) is 68.9 Å². The Kier molecular flexibility index (Phi) is 5.99. The van der Waals surface area contributed by atoms with Crippen molar-refractivity contribution in [1.82, 2.24) is 0 Å². The fourth-order valence-corrected chi connectivity index (χ4v) is 1.58. The molecule has 94 valence electrons. The second-order valence-corrected chi connectivity index (χ2v) is 3.92. The molecule has 0 fully saturated rings. The fourth-order valence-electron chi connectivity index (χ4n) is 1.58. The van der Waals surface area contributed by atoms with E-state index in [0.717, 1.165) is 24.4 Å². The lowest BCUT2D eigenvalue weighted by Crippen LogP contribution is -2.00. The zero-order valence-corrected chi connectivity index (χ0v) is 9.98. The first kappa shape index (κ1) is 13.4. The van der Waals surface area contributed by atoms with Crippen LogP contribution in [0.1, 0.15) is 37.2 Å². The lowest BCUT2D eigenvalue weighted by atomic mass is 10.1. The molecule has 1 rings (SSSR count). The normalized spacial score (nSPS) is 10.2. The summed E-state index contributed by atoms with van der Waals surface area (Å²) >= 11 is 0. The Bertz CT molecular complexity index is 359. The number of hydrogen-bond acceptors (Lipinski definition) is 5. The second-order valence-electron chi connectivity index (χ2n) is 3.92. The number of carbonyl (C=O) groups excluding carboxylic acids is 1. The van der Waals surface area contributed by atoms with Crippen LogP contribution >= 0.6 is 0 Å². The van der Waals surface area contributed by atoms with Gasteiger partial charge in [-0.05, 0) is 31.9 Å². The van der Waals surface area contributed by atoms with E-state index < -0.39 is 0 Å². The SMILES string of the molecule is Cc1ccc(CCCC(=O)CCCON=O)o1. The Balaban J connectivity index is 2.05. The summed E-state index contributed by atoms with van der Waals surface area (Å²) in [7, 11) is 0. The molecule has 0 aliphatic carbocycles. The largest absolute Gasteiger partial charge is 0.466 e. The molecule has 0 N–H and O–H groups in total. The van der Waals surface area contributed by atoms with Gasteiger partial charge >= 0.3 is 0 Å². The van der Waals surface area contributed by atoms with Gasteiger partial charge in [-0.2, -0.15) is 0 Å². The lowest BCUT2D eigenvalue weighted by molar-refractivity contribution is -0.119. The van der Waals surface area contributed by atoms with Crippen molar-refractivity contribution in [2.75, 3.05) is 6.61 Å². The van der Waals surface area contributed by atoms with Gasteiger partial charge in [0, 0.05) is 19.3 Å². The van der Waals surface area contributed by atoms with E-state index in [1.165, 1.54) is 0 Å². The lowest BCUT2D eigenvalue weighted by Gasteiger charge is -1.99. The molecule has 0 aliphatic rings. The molecule has 0 unspecified atom stereocenters. The van der Waals surface area contributed by atoms with Crippen LogP contribution in [0.25, 0.3) is 0 Å². The maximum Gasteiger partial charge on any atom is 0.155 e. The summed E-state index contributed by atoms with van der Waals surface area (Å²) < 4.78 is 5.40. The number of hydrogen-bond donors (Lipinski definition) is 0. The molecule has 1 aromatic heterocycles. The van der Waals surface area contributed by atoms with Gasteiger partial charge in [-0.3, -0.25) is 4.79 Å². The molecule has 0 saturated heterocycles. The molecule has 0 saturated carbocycles. The predicted molar refractivity (Wildman–Crippen MR) is 62.4 cm³/mol. The first-order chi connectivity index (χ1) is 8.22. The van der Waals surface area contributed by atoms with Crippen LogP contribution in [0.4, 0.5) is 0 Å². The summed E-state index contributed by atoms with van der Waals surface area (Å²) in [5.74, 6) is 2.00. The Morgan fingerprint density at radius 1 is 1.35 bits per heavy atom. The quantitative estimate of drug-likeness (QED) is 0.377. The summed E-state index contributed by atoms with van der Waals surface area (Å²) in [5.41, 5.74) is 0. The molecule has 0 aromatic carbocycles. The van der Waals surface area contributed by atoms with Crippen molar-refractivity contribution in [3.63, 3.8) is 0 Å². The average molecular weight is 239 g/mol. The van der Waals surface area contributed by atoms with Gasteiger partial charge in [-0.15, -0.1) is 4.91 Å². The molecule has 0 aliphatic heterocycles. The van der Waals surface area contributed by atoms with Gasteiger partial charge in [-0.1, -0.05) is 0 Å². The first-order valence-corrected chi connectivity index (χ1v) is 5.74. The van der Waals surface area contributed by atoms with Crippen LogP contribution in [0, 0.1) is 11.8 Å². The number of aryl methyl sites for hydroxylation is 2. The molecular formula is C12H17NO4. The average Bonchev–Trinajstić information content (AvgIpc) is 2.71. The standard InChI is InChI=1S/C12H17NO4/c1-10-7-8-12(17-10)6-2-4-11(14)5-3-9-16-13-15/h7-8H,2-6,9H2,1H3. The molecule has 0 atom stereocenters. The summed E-state index contributed by atoms with van der Waals surface area (Å²) in [5, 5.41) is 2.26. The molecule has 0 radical (unpaired) electrons. The maximum absolute atomic E-state index is 11.4. The molecule has 1 aromatic rings. The monoisotopic (exact) mass is 239 g/mol. The van der Waals surface area contributed by atoms with Gasteiger partial charge in [0.25, 0.3) is 0 Å². The van der Waals surface area contributed by atoms with Gasteiger partial charge in [0.05, 0.1) is 0 Å². The molecular weight excluding hydrogens is 222 g/mol. The third-order valence-electron chi connectivity index (χ3n) is 2.42. The number of carbonyl (C=O) groups is 1. The van der Waals surface area contributed by atoms with Crippen LogP contribution in [-0.4, -0.2) is 12.4 Å². The van der Waals surface area contributed by atoms with Crippen molar-refractivity contribution in [3.05, 3.63) is 28.6 Å². The molecule has 17 heavy (non-hydrogen) atoms. The fraction of sp³-hybridized carbons (Fsp3) is 0.583. The van der Waals surface area contributed by atoms with Gasteiger partial charge in [0.1, 0.15) is 23.9 Å². The van der Waals surface area contributed by atoms with Crippen LogP contribution in [0.15, 0.2) is 21.9 Å². The van der Waals surface area contributed by atoms with Crippen molar-refractivity contribution < 1.29 is 14.0 Å². The van der Waals surface area contributed by atoms with Crippen LogP contribution in [0.5, 0.6) is 0 Å². The zero-order valence-electron chi connectivity index (χ0n) is 9.98. The van der Waals surface area contributed by atoms with E-state index in [9.17, 15) is 9.70 Å². The van der Waals surface area contributed by atoms with E-state index in [0.29, 0.717) is 19.3 Å². The third-order valence-corrected chi connectivity index (χ3v) is 2.42. The minimum absolute atomic E-state index is 0.183. The number of furan rings is 1. The van der Waals surface area contributed by atoms with Gasteiger partial charge < -0.3 is 9.25 Å². The highest BCUT2D eigenvalue weighted by Crippen LogP contribution is 2.10. The molecule has 0 spiro atoms. The van der Waals surface area contributed by atoms with Crippen molar-refractivity contribution in [1.29, 1.82) is 0 Å². The van der Waals surface area contributed by atoms with Gasteiger partial charge in [0.2, 0.25) is 0 Å². The molecule has 5 heteroatoms. The Hall–Kier alpha value is -1.65. The Labute approximate surface area is 100 Å². The number of rotatable bonds is 9. The highest BCUT2D eigenvalue weighted by atomic mass is 16.7. The Morgan fingerprint density at radius 2 is 2.12 bits per heavy atom. The minimum atomic E-state index is 0.183. The third kappa shape index (κ3) is 5.85. The summed E-state index contributed by atoms with van der Waals surface area (Å²) in [6.45, 7) is 2.11. The highest BCUT2D eigenvalue weighted by molar-refractivity contribution is 5.78. The Morgan fingerprint density at radius 3 is 2.76 bits per heavy atom. The van der Waals surface area contributed by atoms with Crippen LogP contribution in [0.3, 0.4) is 0 Å². The maximum atomic E-state index is 11.4. The summed E-state index contributed by atoms with van der Waals surface area (Å²) in [6, 6.07) is 3.85. The van der Waals surface area contributed by atoms with Crippen LogP contribution < -0.4 is 0 Å². The van der Waals surface area contributed by atoms with Crippen molar-refractivity contribution >= 4 is 5.78 Å². The second kappa shape index (κ2) is 7.60. The van der Waals surface area contributed by atoms with Crippen LogP contribution in [0.2, 0.25) is 0 Å². The van der Waals surface area contributed by atoms with Gasteiger partial charge in [-0.25, -0.2) is 0 Å². The van der Waals surface area contributed by atoms with E-state index in [1.54, 1.807) is 0 Å². The number of ketones is 1. The van der Waals surface area contributed by atoms with Crippen LogP contribution in [-0.2, 0) is 16.1 Å². The number of nitrogens with zero attached hydrogens (tertiary/aromatic N) is 1. The van der Waals surface area contributed by atoms with Gasteiger partial charge in [0.15, 0.2) is 5.34 Å². The van der Waals surface area contributed by atoms with E-state index in [1.807, 2.05) is 19.1 Å². The summed E-state index contributed by atoms with van der Waals surface area (Å²) in [4.78, 5) is 25.3. The van der Waals surface area contributed by atoms with E-state index in [2.05, 4.69) is 10.2 Å². The minimum Gasteiger partial charge on any atom is -0.466 e. The molecule has 1 heterocycles. The van der Waals surface area contributed by atoms with Crippen molar-refractivity contribution in [2.24, 2.45) is 5.34 Å². The smallest absolute Gasteiger partial charge is 0.155 e.